The van der Waals surface area contributed by atoms with E-state index < -0.39 is 23.2 Å². The van der Waals surface area contributed by atoms with Gasteiger partial charge in [-0.15, -0.1) is 0 Å². The van der Waals surface area contributed by atoms with Crippen molar-refractivity contribution in [1.82, 2.24) is 0 Å². The lowest BCUT2D eigenvalue weighted by molar-refractivity contribution is -0.118. The molecule has 0 saturated carbocycles. The van der Waals surface area contributed by atoms with Gasteiger partial charge < -0.3 is 33.5 Å². The zero-order valence-corrected chi connectivity index (χ0v) is 17.0. The minimum atomic E-state index is -1.40. The number of anilines is 1. The summed E-state index contributed by atoms with van der Waals surface area (Å²) in [7, 11) is 4.34. The molecule has 1 aromatic heterocycles. The number of epoxide rings is 1. The van der Waals surface area contributed by atoms with Crippen molar-refractivity contribution in [3.8, 4) is 11.5 Å². The van der Waals surface area contributed by atoms with Gasteiger partial charge in [-0.05, 0) is 18.2 Å². The molecule has 3 heterocycles. The van der Waals surface area contributed by atoms with Crippen molar-refractivity contribution >= 4 is 28.3 Å². The maximum Gasteiger partial charge on any atom is 0.360 e. The van der Waals surface area contributed by atoms with E-state index in [1.807, 2.05) is 0 Å². The number of benzene rings is 1. The monoisotopic (exact) mass is 428 g/mol. The van der Waals surface area contributed by atoms with Crippen LogP contribution in [0.25, 0.3) is 11.0 Å². The fraction of sp³-hybridized carbons (Fsp3) is 0.381. The van der Waals surface area contributed by atoms with Gasteiger partial charge in [0.2, 0.25) is 5.75 Å². The lowest BCUT2D eigenvalue weighted by Crippen LogP contribution is -2.53. The Labute approximate surface area is 176 Å². The average Bonchev–Trinajstić information content (AvgIpc) is 3.56. The van der Waals surface area contributed by atoms with Crippen LogP contribution in [-0.4, -0.2) is 61.9 Å². The number of carbonyl (C=O) groups excluding carboxylic acids is 1. The molecule has 0 spiro atoms. The van der Waals surface area contributed by atoms with Gasteiger partial charge in [-0.2, -0.15) is 0 Å². The summed E-state index contributed by atoms with van der Waals surface area (Å²) in [6.07, 6.45) is 2.25. The van der Waals surface area contributed by atoms with E-state index >= 15 is 0 Å². The summed E-state index contributed by atoms with van der Waals surface area (Å²) in [4.78, 5) is 32.2. The fourth-order valence-corrected chi connectivity index (χ4v) is 4.04. The summed E-state index contributed by atoms with van der Waals surface area (Å²) >= 11 is 0. The molecule has 1 saturated heterocycles. The third-order valence-electron chi connectivity index (χ3n) is 5.79. The molecule has 2 aliphatic heterocycles. The van der Waals surface area contributed by atoms with Crippen molar-refractivity contribution in [3.63, 3.8) is 0 Å². The van der Waals surface area contributed by atoms with E-state index in [-0.39, 0.29) is 41.4 Å². The quantitative estimate of drug-likeness (QED) is 0.434. The second kappa shape index (κ2) is 6.82. The molecule has 31 heavy (non-hydrogen) atoms. The molecule has 0 radical (unpaired) electrons. The number of oxime groups is 1. The fourth-order valence-electron chi connectivity index (χ4n) is 4.04. The molecule has 1 fully saturated rings. The van der Waals surface area contributed by atoms with Gasteiger partial charge in [0, 0.05) is 18.9 Å². The number of rotatable bonds is 4. The number of nitrogens with zero attached hydrogens (tertiary/aromatic N) is 2. The van der Waals surface area contributed by atoms with Crippen molar-refractivity contribution in [2.75, 3.05) is 26.2 Å². The Hall–Kier alpha value is -3.37. The first-order chi connectivity index (χ1) is 14.9. The summed E-state index contributed by atoms with van der Waals surface area (Å²) in [6.45, 7) is 0. The van der Waals surface area contributed by atoms with E-state index in [0.29, 0.717) is 11.1 Å². The van der Waals surface area contributed by atoms with Crippen molar-refractivity contribution < 1.29 is 33.4 Å². The number of amides is 1. The summed E-state index contributed by atoms with van der Waals surface area (Å²) in [5.74, 6) is 0.0983. The Bertz CT molecular complexity index is 1200. The standard InChI is InChI=1S/C21H20N2O8/c1-23(12-8-10-4-5-13(27-2)16(28-3)15(10)30-20(12)25)19(24)11-9-21(26)7-6-14-17(29-14)18(21)31-22-11/h4-8,14,17-18,26H,9H2,1-3H3/t14-,17-,18+,21-/m1/s1. The molecular formula is C21H20N2O8. The minimum absolute atomic E-state index is 0.00584. The zero-order valence-electron chi connectivity index (χ0n) is 17.0. The number of ether oxygens (including phenoxy) is 3. The van der Waals surface area contributed by atoms with E-state index in [1.165, 1.54) is 27.3 Å². The van der Waals surface area contributed by atoms with E-state index in [4.69, 9.17) is 23.5 Å². The Morgan fingerprint density at radius 1 is 1.32 bits per heavy atom. The lowest BCUT2D eigenvalue weighted by atomic mass is 9.83. The molecule has 10 nitrogen and oxygen atoms in total. The van der Waals surface area contributed by atoms with Crippen molar-refractivity contribution in [3.05, 3.63) is 40.8 Å². The van der Waals surface area contributed by atoms with E-state index in [2.05, 4.69) is 5.16 Å². The molecule has 1 aliphatic carbocycles. The minimum Gasteiger partial charge on any atom is -0.493 e. The van der Waals surface area contributed by atoms with Crippen LogP contribution in [0.3, 0.4) is 0 Å². The molecule has 1 N–H and O–H groups in total. The highest BCUT2D eigenvalue weighted by Crippen LogP contribution is 2.42. The molecule has 4 atom stereocenters. The van der Waals surface area contributed by atoms with Crippen LogP contribution >= 0.6 is 0 Å². The third-order valence-corrected chi connectivity index (χ3v) is 5.79. The molecule has 3 aliphatic rings. The van der Waals surface area contributed by atoms with Gasteiger partial charge in [-0.3, -0.25) is 4.79 Å². The molecule has 1 amide bonds. The smallest absolute Gasteiger partial charge is 0.360 e. The molecule has 0 bridgehead atoms. The Balaban J connectivity index is 1.46. The topological polar surface area (TPSA) is 123 Å². The Morgan fingerprint density at radius 3 is 2.87 bits per heavy atom. The predicted octanol–water partition coefficient (Wildman–Crippen LogP) is 0.986. The van der Waals surface area contributed by atoms with E-state index in [0.717, 1.165) is 4.90 Å². The van der Waals surface area contributed by atoms with Gasteiger partial charge in [-0.25, -0.2) is 4.79 Å². The normalized spacial score (nSPS) is 28.1. The number of fused-ring (bicyclic) bond motifs is 4. The van der Waals surface area contributed by atoms with Gasteiger partial charge in [-0.1, -0.05) is 17.3 Å². The van der Waals surface area contributed by atoms with E-state index in [9.17, 15) is 14.7 Å². The molecule has 1 aromatic carbocycles. The SMILES string of the molecule is COc1ccc2cc(N(C)C(=O)C3=NO[C@H]4[C@@H]5O[C@@H]5C=C[C@@]4(O)C3)c(=O)oc2c1OC. The maximum absolute atomic E-state index is 13.0. The molecule has 10 heteroatoms. The molecule has 0 unspecified atom stereocenters. The Kier molecular flexibility index (Phi) is 4.31. The highest BCUT2D eigenvalue weighted by molar-refractivity contribution is 6.43. The maximum atomic E-state index is 13.0. The molecule has 2 aromatic rings. The number of carbonyl (C=O) groups is 1. The highest BCUT2D eigenvalue weighted by Gasteiger charge is 2.59. The highest BCUT2D eigenvalue weighted by atomic mass is 16.7. The van der Waals surface area contributed by atoms with Crippen LogP contribution in [0.1, 0.15) is 6.42 Å². The third kappa shape index (κ3) is 2.98. The van der Waals surface area contributed by atoms with Crippen LogP contribution in [0.4, 0.5) is 5.69 Å². The van der Waals surface area contributed by atoms with Crippen LogP contribution in [0.2, 0.25) is 0 Å². The van der Waals surface area contributed by atoms with Crippen LogP contribution in [0, 0.1) is 0 Å². The number of hydrogen-bond acceptors (Lipinski definition) is 9. The number of hydrogen-bond donors (Lipinski definition) is 1. The van der Waals surface area contributed by atoms with Crippen molar-refractivity contribution in [1.29, 1.82) is 0 Å². The van der Waals surface area contributed by atoms with Crippen molar-refractivity contribution in [2.45, 2.75) is 30.3 Å². The molecule has 5 rings (SSSR count). The van der Waals surface area contributed by atoms with Crippen LogP contribution in [0.5, 0.6) is 11.5 Å². The molecular weight excluding hydrogens is 408 g/mol. The van der Waals surface area contributed by atoms with Gasteiger partial charge in [0.25, 0.3) is 5.91 Å². The first kappa shape index (κ1) is 19.6. The van der Waals surface area contributed by atoms with Crippen LogP contribution in [-0.2, 0) is 14.4 Å². The Morgan fingerprint density at radius 2 is 2.13 bits per heavy atom. The van der Waals surface area contributed by atoms with Crippen LogP contribution < -0.4 is 20.0 Å². The predicted molar refractivity (Wildman–Crippen MR) is 109 cm³/mol. The van der Waals surface area contributed by atoms with Gasteiger partial charge in [0.05, 0.1) is 14.2 Å². The summed E-state index contributed by atoms with van der Waals surface area (Å²) in [5, 5.41) is 15.4. The summed E-state index contributed by atoms with van der Waals surface area (Å²) < 4.78 is 21.4. The largest absolute Gasteiger partial charge is 0.493 e. The second-order valence-corrected chi connectivity index (χ2v) is 7.66. The molecule has 162 valence electrons. The number of methoxy groups -OCH3 is 2. The summed E-state index contributed by atoms with van der Waals surface area (Å²) in [6, 6.07) is 4.88. The lowest BCUT2D eigenvalue weighted by Gasteiger charge is -2.36. The first-order valence-corrected chi connectivity index (χ1v) is 9.63. The first-order valence-electron chi connectivity index (χ1n) is 9.63. The van der Waals surface area contributed by atoms with Gasteiger partial charge >= 0.3 is 5.63 Å². The van der Waals surface area contributed by atoms with E-state index in [1.54, 1.807) is 24.3 Å². The average molecular weight is 428 g/mol. The van der Waals surface area contributed by atoms with Gasteiger partial charge in [0.15, 0.2) is 17.4 Å². The number of aliphatic hydroxyl groups is 1. The zero-order chi connectivity index (χ0) is 21.9. The summed E-state index contributed by atoms with van der Waals surface area (Å²) in [5.41, 5.74) is -1.94. The van der Waals surface area contributed by atoms with Crippen LogP contribution in [0.15, 0.2) is 44.7 Å². The van der Waals surface area contributed by atoms with Crippen molar-refractivity contribution in [2.24, 2.45) is 5.16 Å². The second-order valence-electron chi connectivity index (χ2n) is 7.66. The van der Waals surface area contributed by atoms with Gasteiger partial charge in [0.1, 0.15) is 29.2 Å².